The Hall–Kier alpha value is -1.92. The molecule has 112 valence electrons. The summed E-state index contributed by atoms with van der Waals surface area (Å²) in [4.78, 5) is 21.2. The van der Waals surface area contributed by atoms with E-state index < -0.39 is 0 Å². The second kappa shape index (κ2) is 6.06. The van der Waals surface area contributed by atoms with Crippen LogP contribution < -0.4 is 5.32 Å². The zero-order valence-corrected chi connectivity index (χ0v) is 14.0. The molecule has 22 heavy (non-hydrogen) atoms. The molecule has 0 spiro atoms. The first-order chi connectivity index (χ1) is 10.6. The molecule has 0 aromatic carbocycles. The molecule has 0 aliphatic carbocycles. The highest BCUT2D eigenvalue weighted by molar-refractivity contribution is 9.10. The lowest BCUT2D eigenvalue weighted by Crippen LogP contribution is -2.17. The van der Waals surface area contributed by atoms with E-state index in [2.05, 4.69) is 31.2 Å². The Bertz CT molecular complexity index is 845. The van der Waals surface area contributed by atoms with E-state index in [0.29, 0.717) is 28.6 Å². The number of carbonyl (C=O) groups excluding carboxylic acids is 1. The molecule has 0 saturated heterocycles. The molecule has 5 nitrogen and oxygen atoms in total. The van der Waals surface area contributed by atoms with Crippen LogP contribution in [0.25, 0.3) is 5.65 Å². The normalized spacial score (nSPS) is 10.9. The summed E-state index contributed by atoms with van der Waals surface area (Å²) < 4.78 is 2.59. The number of amides is 1. The molecule has 3 rings (SSSR count). The molecule has 0 aliphatic rings. The quantitative estimate of drug-likeness (QED) is 0.749. The van der Waals surface area contributed by atoms with Crippen molar-refractivity contribution < 1.29 is 4.79 Å². The lowest BCUT2D eigenvalue weighted by atomic mass is 10.2. The topological polar surface area (TPSA) is 59.3 Å². The second-order valence-electron chi connectivity index (χ2n) is 4.65. The van der Waals surface area contributed by atoms with Gasteiger partial charge in [0.2, 0.25) is 0 Å². The number of hydrogen-bond donors (Lipinski definition) is 1. The molecule has 7 heteroatoms. The maximum atomic E-state index is 12.6. The number of fused-ring (bicyclic) bond motifs is 1. The van der Waals surface area contributed by atoms with Crippen LogP contribution in [0.15, 0.2) is 41.1 Å². The third-order valence-corrected chi connectivity index (χ3v) is 3.88. The fourth-order valence-electron chi connectivity index (χ4n) is 2.18. The van der Waals surface area contributed by atoms with Crippen molar-refractivity contribution in [1.29, 1.82) is 0 Å². The fraction of sp³-hybridized carbons (Fsp3) is 0.133. The molecule has 3 aromatic heterocycles. The summed E-state index contributed by atoms with van der Waals surface area (Å²) in [6.45, 7) is 1.96. The van der Waals surface area contributed by atoms with E-state index in [4.69, 9.17) is 11.6 Å². The van der Waals surface area contributed by atoms with Crippen molar-refractivity contribution in [3.8, 4) is 0 Å². The predicted octanol–water partition coefficient (Wildman–Crippen LogP) is 3.96. The number of pyridine rings is 2. The van der Waals surface area contributed by atoms with Crippen LogP contribution in [0.5, 0.6) is 0 Å². The summed E-state index contributed by atoms with van der Waals surface area (Å²) >= 11 is 9.29. The molecular formula is C15H12BrClN4O. The van der Waals surface area contributed by atoms with Crippen LogP contribution in [0, 0.1) is 0 Å². The van der Waals surface area contributed by atoms with Crippen molar-refractivity contribution in [1.82, 2.24) is 14.4 Å². The van der Waals surface area contributed by atoms with Gasteiger partial charge in [-0.15, -0.1) is 0 Å². The van der Waals surface area contributed by atoms with Gasteiger partial charge in [0.25, 0.3) is 5.91 Å². The maximum absolute atomic E-state index is 12.6. The Labute approximate surface area is 140 Å². The van der Waals surface area contributed by atoms with Gasteiger partial charge in [-0.05, 0) is 40.5 Å². The number of hydrogen-bond acceptors (Lipinski definition) is 3. The van der Waals surface area contributed by atoms with E-state index in [9.17, 15) is 4.79 Å². The van der Waals surface area contributed by atoms with Gasteiger partial charge in [0.15, 0.2) is 0 Å². The lowest BCUT2D eigenvalue weighted by molar-refractivity contribution is 0.102. The number of aryl methyl sites for hydroxylation is 1. The number of carbonyl (C=O) groups is 1. The smallest absolute Gasteiger partial charge is 0.275 e. The first-order valence-corrected chi connectivity index (χ1v) is 7.85. The number of anilines is 1. The summed E-state index contributed by atoms with van der Waals surface area (Å²) in [5, 5.41) is 3.37. The highest BCUT2D eigenvalue weighted by atomic mass is 79.9. The minimum Gasteiger partial charge on any atom is -0.305 e. The average molecular weight is 380 g/mol. The molecule has 1 N–H and O–H groups in total. The maximum Gasteiger partial charge on any atom is 0.275 e. The van der Waals surface area contributed by atoms with Gasteiger partial charge in [-0.1, -0.05) is 18.5 Å². The number of rotatable bonds is 3. The SMILES string of the molecule is CCc1nc2cc(Cl)ccn2c1C(=O)Nc1ccc(Br)cn1. The van der Waals surface area contributed by atoms with E-state index in [-0.39, 0.29) is 5.91 Å². The number of nitrogens with zero attached hydrogens (tertiary/aromatic N) is 3. The van der Waals surface area contributed by atoms with Crippen molar-refractivity contribution >= 4 is 44.9 Å². The molecule has 0 bridgehead atoms. The van der Waals surface area contributed by atoms with Gasteiger partial charge >= 0.3 is 0 Å². The molecule has 0 aliphatic heterocycles. The molecule has 0 fully saturated rings. The highest BCUT2D eigenvalue weighted by Gasteiger charge is 2.18. The first kappa shape index (κ1) is 15.0. The Morgan fingerprint density at radius 1 is 1.41 bits per heavy atom. The third kappa shape index (κ3) is 2.84. The number of imidazole rings is 1. The molecule has 0 atom stereocenters. The van der Waals surface area contributed by atoms with Crippen molar-refractivity contribution in [2.75, 3.05) is 5.32 Å². The zero-order valence-electron chi connectivity index (χ0n) is 11.7. The van der Waals surface area contributed by atoms with Crippen molar-refractivity contribution in [3.63, 3.8) is 0 Å². The summed E-state index contributed by atoms with van der Waals surface area (Å²) in [6, 6.07) is 7.00. The van der Waals surface area contributed by atoms with Crippen LogP contribution in [0.1, 0.15) is 23.1 Å². The Kier molecular flexibility index (Phi) is 4.13. The molecule has 3 aromatic rings. The largest absolute Gasteiger partial charge is 0.305 e. The van der Waals surface area contributed by atoms with Crippen LogP contribution in [-0.4, -0.2) is 20.3 Å². The minimum absolute atomic E-state index is 0.249. The van der Waals surface area contributed by atoms with Gasteiger partial charge in [-0.3, -0.25) is 9.20 Å². The second-order valence-corrected chi connectivity index (χ2v) is 6.00. The third-order valence-electron chi connectivity index (χ3n) is 3.18. The Balaban J connectivity index is 2.00. The minimum atomic E-state index is -0.249. The van der Waals surface area contributed by atoms with E-state index in [1.54, 1.807) is 35.0 Å². The molecule has 0 saturated carbocycles. The average Bonchev–Trinajstić information content (AvgIpc) is 2.87. The number of aromatic nitrogens is 3. The van der Waals surface area contributed by atoms with Gasteiger partial charge < -0.3 is 5.32 Å². The first-order valence-electron chi connectivity index (χ1n) is 6.68. The summed E-state index contributed by atoms with van der Waals surface area (Å²) in [6.07, 6.45) is 4.02. The molecular weight excluding hydrogens is 368 g/mol. The van der Waals surface area contributed by atoms with E-state index in [0.717, 1.165) is 10.2 Å². The Morgan fingerprint density at radius 3 is 2.91 bits per heavy atom. The molecule has 1 amide bonds. The van der Waals surface area contributed by atoms with Crippen LogP contribution in [0.2, 0.25) is 5.02 Å². The number of nitrogens with one attached hydrogen (secondary N) is 1. The van der Waals surface area contributed by atoms with Crippen LogP contribution in [0.4, 0.5) is 5.82 Å². The van der Waals surface area contributed by atoms with Gasteiger partial charge in [0.05, 0.1) is 5.69 Å². The summed E-state index contributed by atoms with van der Waals surface area (Å²) in [5.41, 5.74) is 1.87. The van der Waals surface area contributed by atoms with E-state index in [1.807, 2.05) is 13.0 Å². The van der Waals surface area contributed by atoms with Crippen molar-refractivity contribution in [3.05, 3.63) is 57.5 Å². The Morgan fingerprint density at radius 2 is 2.23 bits per heavy atom. The van der Waals surface area contributed by atoms with E-state index in [1.165, 1.54) is 0 Å². The van der Waals surface area contributed by atoms with Crippen LogP contribution in [0.3, 0.4) is 0 Å². The zero-order chi connectivity index (χ0) is 15.7. The van der Waals surface area contributed by atoms with Crippen molar-refractivity contribution in [2.24, 2.45) is 0 Å². The molecule has 0 radical (unpaired) electrons. The summed E-state index contributed by atoms with van der Waals surface area (Å²) in [5.74, 6) is 0.237. The fourth-order valence-corrected chi connectivity index (χ4v) is 2.57. The van der Waals surface area contributed by atoms with Crippen molar-refractivity contribution in [2.45, 2.75) is 13.3 Å². The van der Waals surface area contributed by atoms with Gasteiger partial charge in [-0.25, -0.2) is 9.97 Å². The lowest BCUT2D eigenvalue weighted by Gasteiger charge is -2.06. The van der Waals surface area contributed by atoms with Crippen LogP contribution >= 0.6 is 27.5 Å². The molecule has 3 heterocycles. The highest BCUT2D eigenvalue weighted by Crippen LogP contribution is 2.19. The summed E-state index contributed by atoms with van der Waals surface area (Å²) in [7, 11) is 0. The van der Waals surface area contributed by atoms with Gasteiger partial charge in [0.1, 0.15) is 17.2 Å². The van der Waals surface area contributed by atoms with E-state index >= 15 is 0 Å². The van der Waals surface area contributed by atoms with Gasteiger partial charge in [-0.2, -0.15) is 0 Å². The number of halogens is 2. The van der Waals surface area contributed by atoms with Crippen LogP contribution in [-0.2, 0) is 6.42 Å². The standard InChI is InChI=1S/C15H12BrClN4O/c1-2-11-14(21-6-5-10(17)7-13(21)19-11)15(22)20-12-4-3-9(16)8-18-12/h3-8H,2H2,1H3,(H,18,20,22). The monoisotopic (exact) mass is 378 g/mol. The van der Waals surface area contributed by atoms with Gasteiger partial charge in [0, 0.05) is 28.0 Å². The molecule has 0 unspecified atom stereocenters. The predicted molar refractivity (Wildman–Crippen MR) is 89.5 cm³/mol.